The van der Waals surface area contributed by atoms with Crippen molar-refractivity contribution in [3.8, 4) is 5.75 Å². The summed E-state index contributed by atoms with van der Waals surface area (Å²) in [6.45, 7) is 6.56. The Morgan fingerprint density at radius 1 is 1.14 bits per heavy atom. The van der Waals surface area contributed by atoms with Crippen LogP contribution >= 0.6 is 0 Å². The van der Waals surface area contributed by atoms with E-state index in [0.717, 1.165) is 0 Å². The average Bonchev–Trinajstić information content (AvgIpc) is 2.50. The SMILES string of the molecule is CCC(=O)Nc1ccc(OCC(=O)NCCOC(C)C)cc1. The lowest BCUT2D eigenvalue weighted by atomic mass is 10.3. The lowest BCUT2D eigenvalue weighted by Crippen LogP contribution is -2.32. The van der Waals surface area contributed by atoms with E-state index < -0.39 is 0 Å². The fourth-order valence-corrected chi connectivity index (χ4v) is 1.57. The Morgan fingerprint density at radius 2 is 1.82 bits per heavy atom. The summed E-state index contributed by atoms with van der Waals surface area (Å²) in [5.41, 5.74) is 0.703. The maximum absolute atomic E-state index is 11.6. The van der Waals surface area contributed by atoms with Crippen LogP contribution in [0, 0.1) is 0 Å². The van der Waals surface area contributed by atoms with Crippen molar-refractivity contribution in [3.63, 3.8) is 0 Å². The molecule has 0 spiro atoms. The zero-order valence-electron chi connectivity index (χ0n) is 13.3. The van der Waals surface area contributed by atoms with Crippen molar-refractivity contribution >= 4 is 17.5 Å². The van der Waals surface area contributed by atoms with Crippen LogP contribution in [0.1, 0.15) is 27.2 Å². The second-order valence-corrected chi connectivity index (χ2v) is 4.98. The molecule has 0 bridgehead atoms. The number of rotatable bonds is 9. The maximum atomic E-state index is 11.6. The first kappa shape index (κ1) is 18.0. The van der Waals surface area contributed by atoms with Gasteiger partial charge in [0.1, 0.15) is 5.75 Å². The average molecular weight is 308 g/mol. The van der Waals surface area contributed by atoms with Gasteiger partial charge in [0.15, 0.2) is 6.61 Å². The van der Waals surface area contributed by atoms with Crippen LogP contribution in [0.25, 0.3) is 0 Å². The molecule has 0 saturated heterocycles. The van der Waals surface area contributed by atoms with Crippen LogP contribution in [0.3, 0.4) is 0 Å². The highest BCUT2D eigenvalue weighted by atomic mass is 16.5. The van der Waals surface area contributed by atoms with Crippen molar-refractivity contribution in [1.29, 1.82) is 0 Å². The third-order valence-corrected chi connectivity index (χ3v) is 2.70. The van der Waals surface area contributed by atoms with Gasteiger partial charge in [-0.1, -0.05) is 6.92 Å². The molecule has 0 atom stereocenters. The van der Waals surface area contributed by atoms with Gasteiger partial charge in [0, 0.05) is 18.7 Å². The van der Waals surface area contributed by atoms with Gasteiger partial charge in [-0.2, -0.15) is 0 Å². The fraction of sp³-hybridized carbons (Fsp3) is 0.500. The van der Waals surface area contributed by atoms with Gasteiger partial charge < -0.3 is 20.1 Å². The van der Waals surface area contributed by atoms with E-state index in [9.17, 15) is 9.59 Å². The van der Waals surface area contributed by atoms with Crippen molar-refractivity contribution < 1.29 is 19.1 Å². The lowest BCUT2D eigenvalue weighted by molar-refractivity contribution is -0.123. The Labute approximate surface area is 131 Å². The highest BCUT2D eigenvalue weighted by molar-refractivity contribution is 5.90. The number of benzene rings is 1. The van der Waals surface area contributed by atoms with Crippen molar-refractivity contribution in [2.45, 2.75) is 33.3 Å². The van der Waals surface area contributed by atoms with Gasteiger partial charge in [0.25, 0.3) is 5.91 Å². The van der Waals surface area contributed by atoms with E-state index >= 15 is 0 Å². The summed E-state index contributed by atoms with van der Waals surface area (Å²) in [5, 5.41) is 5.45. The van der Waals surface area contributed by atoms with Crippen LogP contribution in [0.2, 0.25) is 0 Å². The van der Waals surface area contributed by atoms with E-state index in [0.29, 0.717) is 31.0 Å². The van der Waals surface area contributed by atoms with Gasteiger partial charge in [-0.05, 0) is 38.1 Å². The fourth-order valence-electron chi connectivity index (χ4n) is 1.57. The molecular formula is C16H24N2O4. The molecule has 2 amide bonds. The number of ether oxygens (including phenoxy) is 2. The first-order valence-corrected chi connectivity index (χ1v) is 7.42. The quantitative estimate of drug-likeness (QED) is 0.684. The highest BCUT2D eigenvalue weighted by Gasteiger charge is 2.03. The Kier molecular flexibility index (Phi) is 7.99. The van der Waals surface area contributed by atoms with Gasteiger partial charge in [-0.3, -0.25) is 9.59 Å². The Hall–Kier alpha value is -2.08. The molecule has 0 aliphatic rings. The number of nitrogens with one attached hydrogen (secondary N) is 2. The topological polar surface area (TPSA) is 76.7 Å². The van der Waals surface area contributed by atoms with Crippen LogP contribution in [0.15, 0.2) is 24.3 Å². The number of amides is 2. The number of hydrogen-bond donors (Lipinski definition) is 2. The summed E-state index contributed by atoms with van der Waals surface area (Å²) < 4.78 is 10.7. The van der Waals surface area contributed by atoms with Crippen molar-refractivity contribution in [3.05, 3.63) is 24.3 Å². The standard InChI is InChI=1S/C16H24N2O4/c1-4-15(19)18-13-5-7-14(8-6-13)22-11-16(20)17-9-10-21-12(2)3/h5-8,12H,4,9-11H2,1-3H3,(H,17,20)(H,18,19). The highest BCUT2D eigenvalue weighted by Crippen LogP contribution is 2.15. The van der Waals surface area contributed by atoms with Crippen molar-refractivity contribution in [1.82, 2.24) is 5.32 Å². The van der Waals surface area contributed by atoms with Crippen molar-refractivity contribution in [2.24, 2.45) is 0 Å². The molecule has 2 N–H and O–H groups in total. The van der Waals surface area contributed by atoms with E-state index in [4.69, 9.17) is 9.47 Å². The molecule has 6 heteroatoms. The largest absolute Gasteiger partial charge is 0.484 e. The molecule has 0 fully saturated rings. The number of carbonyl (C=O) groups excluding carboxylic acids is 2. The number of hydrogen-bond acceptors (Lipinski definition) is 4. The summed E-state index contributed by atoms with van der Waals surface area (Å²) in [6.07, 6.45) is 0.582. The molecular weight excluding hydrogens is 284 g/mol. The minimum Gasteiger partial charge on any atom is -0.484 e. The second-order valence-electron chi connectivity index (χ2n) is 4.98. The van der Waals surface area contributed by atoms with Crippen molar-refractivity contribution in [2.75, 3.05) is 25.1 Å². The normalized spacial score (nSPS) is 10.4. The molecule has 0 heterocycles. The third kappa shape index (κ3) is 7.64. The summed E-state index contributed by atoms with van der Waals surface area (Å²) >= 11 is 0. The van der Waals surface area contributed by atoms with Crippen LogP contribution in [0.4, 0.5) is 5.69 Å². The smallest absolute Gasteiger partial charge is 0.258 e. The third-order valence-electron chi connectivity index (χ3n) is 2.70. The summed E-state index contributed by atoms with van der Waals surface area (Å²) in [7, 11) is 0. The zero-order chi connectivity index (χ0) is 16.4. The van der Waals surface area contributed by atoms with Crippen LogP contribution in [-0.2, 0) is 14.3 Å². The van der Waals surface area contributed by atoms with Gasteiger partial charge in [0.2, 0.25) is 5.91 Å². The second kappa shape index (κ2) is 9.78. The predicted molar refractivity (Wildman–Crippen MR) is 85.0 cm³/mol. The molecule has 1 aromatic carbocycles. The van der Waals surface area contributed by atoms with Gasteiger partial charge >= 0.3 is 0 Å². The molecule has 0 saturated carbocycles. The first-order valence-electron chi connectivity index (χ1n) is 7.42. The maximum Gasteiger partial charge on any atom is 0.258 e. The molecule has 0 unspecified atom stereocenters. The van der Waals surface area contributed by atoms with Crippen LogP contribution < -0.4 is 15.4 Å². The molecule has 6 nitrogen and oxygen atoms in total. The minimum atomic E-state index is -0.198. The predicted octanol–water partition coefficient (Wildman–Crippen LogP) is 1.96. The lowest BCUT2D eigenvalue weighted by Gasteiger charge is -2.10. The molecule has 0 radical (unpaired) electrons. The van der Waals surface area contributed by atoms with E-state index in [1.54, 1.807) is 31.2 Å². The summed E-state index contributed by atoms with van der Waals surface area (Å²) in [6, 6.07) is 6.88. The van der Waals surface area contributed by atoms with Crippen LogP contribution in [0.5, 0.6) is 5.75 Å². The molecule has 0 aromatic heterocycles. The molecule has 0 aliphatic carbocycles. The minimum absolute atomic E-state index is 0.0448. The Balaban J connectivity index is 2.26. The molecule has 1 aromatic rings. The number of anilines is 1. The van der Waals surface area contributed by atoms with E-state index in [-0.39, 0.29) is 24.5 Å². The van der Waals surface area contributed by atoms with Gasteiger partial charge in [-0.25, -0.2) is 0 Å². The zero-order valence-corrected chi connectivity index (χ0v) is 13.3. The molecule has 1 rings (SSSR count). The van der Waals surface area contributed by atoms with Gasteiger partial charge in [-0.15, -0.1) is 0 Å². The molecule has 122 valence electrons. The Bertz CT molecular complexity index is 472. The molecule has 22 heavy (non-hydrogen) atoms. The van der Waals surface area contributed by atoms with Gasteiger partial charge in [0.05, 0.1) is 12.7 Å². The monoisotopic (exact) mass is 308 g/mol. The Morgan fingerprint density at radius 3 is 2.41 bits per heavy atom. The number of carbonyl (C=O) groups is 2. The summed E-state index contributed by atoms with van der Waals surface area (Å²) in [5.74, 6) is 0.329. The molecule has 0 aliphatic heterocycles. The first-order chi connectivity index (χ1) is 10.5. The van der Waals surface area contributed by atoms with E-state index in [1.165, 1.54) is 0 Å². The summed E-state index contributed by atoms with van der Waals surface area (Å²) in [4.78, 5) is 22.8. The van der Waals surface area contributed by atoms with Crippen LogP contribution in [-0.4, -0.2) is 37.7 Å². The van der Waals surface area contributed by atoms with E-state index in [1.807, 2.05) is 13.8 Å². The van der Waals surface area contributed by atoms with E-state index in [2.05, 4.69) is 10.6 Å².